The van der Waals surface area contributed by atoms with Crippen LogP contribution in [0.3, 0.4) is 0 Å². The fourth-order valence-electron chi connectivity index (χ4n) is 2.36. The number of nitrogens with zero attached hydrogens (tertiary/aromatic N) is 2. The number of anilines is 1. The first-order valence-corrected chi connectivity index (χ1v) is 6.66. The molecule has 6 heteroatoms. The second-order valence-electron chi connectivity index (χ2n) is 4.83. The van der Waals surface area contributed by atoms with Crippen molar-refractivity contribution >= 4 is 11.6 Å². The fraction of sp³-hybridized carbons (Fsp3) is 0.500. The first-order chi connectivity index (χ1) is 9.63. The van der Waals surface area contributed by atoms with Crippen LogP contribution in [0.15, 0.2) is 24.3 Å². The lowest BCUT2D eigenvalue weighted by molar-refractivity contribution is -0.134. The molecule has 20 heavy (non-hydrogen) atoms. The third-order valence-electron chi connectivity index (χ3n) is 3.45. The molecule has 5 nitrogen and oxygen atoms in total. The van der Waals surface area contributed by atoms with E-state index >= 15 is 0 Å². The average molecular weight is 281 g/mol. The summed E-state index contributed by atoms with van der Waals surface area (Å²) in [7, 11) is 1.52. The maximum absolute atomic E-state index is 13.7. The van der Waals surface area contributed by atoms with Crippen LogP contribution in [0.5, 0.6) is 0 Å². The molecule has 1 saturated heterocycles. The molecule has 1 heterocycles. The number of piperazine rings is 1. The standard InChI is InChI=1S/C14H20FN3O2/c1-20-10-12(16)14(19)18-8-6-17(7-9-18)13-5-3-2-4-11(13)15/h2-5,12H,6-10,16H2,1H3. The number of methoxy groups -OCH3 is 1. The SMILES string of the molecule is COCC(N)C(=O)N1CCN(c2ccccc2F)CC1. The zero-order valence-electron chi connectivity index (χ0n) is 11.6. The summed E-state index contributed by atoms with van der Waals surface area (Å²) < 4.78 is 18.6. The van der Waals surface area contributed by atoms with E-state index in [0.717, 1.165) is 0 Å². The van der Waals surface area contributed by atoms with Crippen LogP contribution in [-0.2, 0) is 9.53 Å². The lowest BCUT2D eigenvalue weighted by atomic mass is 10.2. The molecule has 1 aliphatic rings. The van der Waals surface area contributed by atoms with Gasteiger partial charge in [-0.1, -0.05) is 12.1 Å². The van der Waals surface area contributed by atoms with Crippen LogP contribution in [0.1, 0.15) is 0 Å². The lowest BCUT2D eigenvalue weighted by Crippen LogP contribution is -2.54. The summed E-state index contributed by atoms with van der Waals surface area (Å²) in [6.45, 7) is 2.51. The predicted molar refractivity (Wildman–Crippen MR) is 75.0 cm³/mol. The highest BCUT2D eigenvalue weighted by Crippen LogP contribution is 2.20. The molecule has 1 amide bonds. The van der Waals surface area contributed by atoms with E-state index in [9.17, 15) is 9.18 Å². The van der Waals surface area contributed by atoms with Gasteiger partial charge in [-0.25, -0.2) is 4.39 Å². The fourth-order valence-corrected chi connectivity index (χ4v) is 2.36. The van der Waals surface area contributed by atoms with Crippen LogP contribution in [0.25, 0.3) is 0 Å². The van der Waals surface area contributed by atoms with Crippen molar-refractivity contribution in [1.82, 2.24) is 4.90 Å². The van der Waals surface area contributed by atoms with Gasteiger partial charge < -0.3 is 20.3 Å². The highest BCUT2D eigenvalue weighted by molar-refractivity contribution is 5.82. The van der Waals surface area contributed by atoms with Crippen molar-refractivity contribution in [3.63, 3.8) is 0 Å². The number of rotatable bonds is 4. The normalized spacial score (nSPS) is 17.1. The molecular formula is C14H20FN3O2. The number of halogens is 1. The van der Waals surface area contributed by atoms with E-state index in [4.69, 9.17) is 10.5 Å². The highest BCUT2D eigenvalue weighted by Gasteiger charge is 2.25. The Balaban J connectivity index is 1.93. The van der Waals surface area contributed by atoms with Gasteiger partial charge in [-0.3, -0.25) is 4.79 Å². The minimum Gasteiger partial charge on any atom is -0.383 e. The molecular weight excluding hydrogens is 261 g/mol. The van der Waals surface area contributed by atoms with Crippen LogP contribution < -0.4 is 10.6 Å². The van der Waals surface area contributed by atoms with E-state index in [1.54, 1.807) is 17.0 Å². The molecule has 0 bridgehead atoms. The molecule has 0 saturated carbocycles. The van der Waals surface area contributed by atoms with Gasteiger partial charge in [0.15, 0.2) is 0 Å². The maximum atomic E-state index is 13.7. The smallest absolute Gasteiger partial charge is 0.241 e. The van der Waals surface area contributed by atoms with Crippen LogP contribution >= 0.6 is 0 Å². The minimum atomic E-state index is -0.625. The van der Waals surface area contributed by atoms with Crippen molar-refractivity contribution in [3.05, 3.63) is 30.1 Å². The number of ether oxygens (including phenoxy) is 1. The average Bonchev–Trinajstić information content (AvgIpc) is 2.47. The molecule has 2 N–H and O–H groups in total. The monoisotopic (exact) mass is 281 g/mol. The topological polar surface area (TPSA) is 58.8 Å². The second-order valence-corrected chi connectivity index (χ2v) is 4.83. The van der Waals surface area contributed by atoms with Crippen LogP contribution in [0.2, 0.25) is 0 Å². The van der Waals surface area contributed by atoms with Gasteiger partial charge in [0.05, 0.1) is 12.3 Å². The second kappa shape index (κ2) is 6.67. The van der Waals surface area contributed by atoms with Gasteiger partial charge in [0.2, 0.25) is 5.91 Å². The number of carbonyl (C=O) groups excluding carboxylic acids is 1. The van der Waals surface area contributed by atoms with Crippen molar-refractivity contribution in [3.8, 4) is 0 Å². The molecule has 1 unspecified atom stereocenters. The molecule has 110 valence electrons. The van der Waals surface area contributed by atoms with E-state index in [1.807, 2.05) is 11.0 Å². The van der Waals surface area contributed by atoms with Crippen LogP contribution in [0, 0.1) is 5.82 Å². The lowest BCUT2D eigenvalue weighted by Gasteiger charge is -2.37. The van der Waals surface area contributed by atoms with Gasteiger partial charge in [0.25, 0.3) is 0 Å². The number of hydrogen-bond acceptors (Lipinski definition) is 4. The molecule has 1 atom stereocenters. The van der Waals surface area contributed by atoms with E-state index in [1.165, 1.54) is 13.2 Å². The van der Waals surface area contributed by atoms with Gasteiger partial charge in [-0.15, -0.1) is 0 Å². The zero-order valence-corrected chi connectivity index (χ0v) is 11.6. The predicted octanol–water partition coefficient (Wildman–Crippen LogP) is 0.448. The quantitative estimate of drug-likeness (QED) is 0.870. The summed E-state index contributed by atoms with van der Waals surface area (Å²) in [5.74, 6) is -0.344. The van der Waals surface area contributed by atoms with Crippen molar-refractivity contribution in [2.24, 2.45) is 5.73 Å². The number of para-hydroxylation sites is 1. The summed E-state index contributed by atoms with van der Waals surface area (Å²) in [5, 5.41) is 0. The number of hydrogen-bond donors (Lipinski definition) is 1. The number of nitrogens with two attached hydrogens (primary N) is 1. The molecule has 1 aliphatic heterocycles. The number of benzene rings is 1. The van der Waals surface area contributed by atoms with Gasteiger partial charge in [-0.05, 0) is 12.1 Å². The van der Waals surface area contributed by atoms with Gasteiger partial charge in [0, 0.05) is 33.3 Å². The summed E-state index contributed by atoms with van der Waals surface area (Å²) in [4.78, 5) is 15.7. The first kappa shape index (κ1) is 14.7. The van der Waals surface area contributed by atoms with E-state index in [0.29, 0.717) is 31.9 Å². The van der Waals surface area contributed by atoms with Crippen molar-refractivity contribution < 1.29 is 13.9 Å². The molecule has 1 aromatic carbocycles. The van der Waals surface area contributed by atoms with Gasteiger partial charge >= 0.3 is 0 Å². The first-order valence-electron chi connectivity index (χ1n) is 6.66. The van der Waals surface area contributed by atoms with Crippen molar-refractivity contribution in [2.45, 2.75) is 6.04 Å². The highest BCUT2D eigenvalue weighted by atomic mass is 19.1. The number of carbonyl (C=O) groups is 1. The van der Waals surface area contributed by atoms with Crippen molar-refractivity contribution in [2.75, 3.05) is 44.8 Å². The molecule has 1 aromatic rings. The summed E-state index contributed by atoms with van der Waals surface area (Å²) in [6, 6.07) is 6.05. The summed E-state index contributed by atoms with van der Waals surface area (Å²) in [5.41, 5.74) is 6.32. The maximum Gasteiger partial charge on any atom is 0.241 e. The third kappa shape index (κ3) is 3.26. The van der Waals surface area contributed by atoms with Crippen LogP contribution in [-0.4, -0.2) is 56.7 Å². The molecule has 2 rings (SSSR count). The Morgan fingerprint density at radius 3 is 2.60 bits per heavy atom. The molecule has 0 spiro atoms. The van der Waals surface area contributed by atoms with E-state index < -0.39 is 6.04 Å². The third-order valence-corrected chi connectivity index (χ3v) is 3.45. The Kier molecular flexibility index (Phi) is 4.92. The Bertz CT molecular complexity index is 461. The van der Waals surface area contributed by atoms with E-state index in [2.05, 4.69) is 0 Å². The largest absolute Gasteiger partial charge is 0.383 e. The minimum absolute atomic E-state index is 0.111. The zero-order chi connectivity index (χ0) is 14.5. The summed E-state index contributed by atoms with van der Waals surface area (Å²) >= 11 is 0. The van der Waals surface area contributed by atoms with Crippen molar-refractivity contribution in [1.29, 1.82) is 0 Å². The number of amides is 1. The Labute approximate surface area is 118 Å². The molecule has 1 fully saturated rings. The molecule has 0 aliphatic carbocycles. The Morgan fingerprint density at radius 2 is 2.00 bits per heavy atom. The Hall–Kier alpha value is -1.66. The summed E-state index contributed by atoms with van der Waals surface area (Å²) in [6.07, 6.45) is 0. The van der Waals surface area contributed by atoms with E-state index in [-0.39, 0.29) is 18.3 Å². The molecule has 0 radical (unpaired) electrons. The Morgan fingerprint density at radius 1 is 1.35 bits per heavy atom. The van der Waals surface area contributed by atoms with Gasteiger partial charge in [0.1, 0.15) is 11.9 Å². The van der Waals surface area contributed by atoms with Gasteiger partial charge in [-0.2, -0.15) is 0 Å². The molecule has 0 aromatic heterocycles. The van der Waals surface area contributed by atoms with Crippen LogP contribution in [0.4, 0.5) is 10.1 Å².